The first kappa shape index (κ1) is 14.1. The van der Waals surface area contributed by atoms with Gasteiger partial charge in [0, 0.05) is 11.6 Å². The molecule has 0 amide bonds. The van der Waals surface area contributed by atoms with Crippen LogP contribution in [0.3, 0.4) is 0 Å². The van der Waals surface area contributed by atoms with Gasteiger partial charge in [-0.1, -0.05) is 30.3 Å². The number of rotatable bonds is 1. The number of aromatic nitrogens is 1. The van der Waals surface area contributed by atoms with E-state index in [2.05, 4.69) is 78.5 Å². The van der Waals surface area contributed by atoms with Gasteiger partial charge in [-0.05, 0) is 46.8 Å². The molecule has 0 aliphatic carbocycles. The quantitative estimate of drug-likeness (QED) is 0.324. The van der Waals surface area contributed by atoms with Gasteiger partial charge in [0.15, 0.2) is 0 Å². The van der Waals surface area contributed by atoms with Crippen LogP contribution in [0, 0.1) is 6.92 Å². The highest BCUT2D eigenvalue weighted by Crippen LogP contribution is 2.37. The first-order chi connectivity index (χ1) is 11.7. The maximum atomic E-state index is 2.36. The van der Waals surface area contributed by atoms with Crippen molar-refractivity contribution in [3.05, 3.63) is 65.5 Å². The Morgan fingerprint density at radius 1 is 0.875 bits per heavy atom. The maximum absolute atomic E-state index is 2.36. The van der Waals surface area contributed by atoms with Crippen LogP contribution in [0.2, 0.25) is 0 Å². The first-order valence-corrected chi connectivity index (χ1v) is 9.71. The highest BCUT2D eigenvalue weighted by molar-refractivity contribution is 7.31. The summed E-state index contributed by atoms with van der Waals surface area (Å²) in [6, 6.07) is 19.9. The summed E-state index contributed by atoms with van der Waals surface area (Å²) in [7, 11) is 2.19. The number of hydrogen-bond donors (Lipinski definition) is 0. The van der Waals surface area contributed by atoms with Gasteiger partial charge in [-0.2, -0.15) is 4.57 Å². The third-order valence-electron chi connectivity index (χ3n) is 4.86. The van der Waals surface area contributed by atoms with Crippen LogP contribution in [0.4, 0.5) is 0 Å². The molecule has 2 aromatic carbocycles. The van der Waals surface area contributed by atoms with Crippen LogP contribution in [0.5, 0.6) is 0 Å². The zero-order valence-corrected chi connectivity index (χ0v) is 15.2. The molecule has 0 radical (unpaired) electrons. The molecule has 5 aromatic rings. The highest BCUT2D eigenvalue weighted by atomic mass is 32.1. The molecule has 0 bridgehead atoms. The normalized spacial score (nSPS) is 11.8. The Bertz CT molecular complexity index is 1230. The Kier molecular flexibility index (Phi) is 3.02. The second-order valence-electron chi connectivity index (χ2n) is 6.17. The van der Waals surface area contributed by atoms with Crippen molar-refractivity contribution in [3.63, 3.8) is 0 Å². The summed E-state index contributed by atoms with van der Waals surface area (Å²) in [6.45, 7) is 2.23. The van der Waals surface area contributed by atoms with Gasteiger partial charge < -0.3 is 0 Å². The fraction of sp³-hybridized carbons (Fsp3) is 0.0952. The summed E-state index contributed by atoms with van der Waals surface area (Å²) in [5.74, 6) is 0. The van der Waals surface area contributed by atoms with E-state index in [9.17, 15) is 0 Å². The molecule has 3 heteroatoms. The van der Waals surface area contributed by atoms with E-state index in [1.54, 1.807) is 0 Å². The minimum Gasteiger partial charge on any atom is -0.192 e. The molecule has 0 aliphatic rings. The van der Waals surface area contributed by atoms with Crippen molar-refractivity contribution in [3.8, 4) is 11.3 Å². The maximum Gasteiger partial charge on any atom is 0.241 e. The lowest BCUT2D eigenvalue weighted by Crippen LogP contribution is -2.31. The molecule has 0 saturated heterocycles. The zero-order valence-electron chi connectivity index (χ0n) is 13.5. The minimum atomic E-state index is 1.28. The van der Waals surface area contributed by atoms with E-state index in [1.807, 2.05) is 22.7 Å². The molecule has 3 heterocycles. The Labute approximate surface area is 148 Å². The van der Waals surface area contributed by atoms with Crippen molar-refractivity contribution in [1.29, 1.82) is 0 Å². The molecule has 0 unspecified atom stereocenters. The monoisotopic (exact) mass is 346 g/mol. The molecule has 0 atom stereocenters. The SMILES string of the molecule is Cc1c(-c2ccc3sc4ccsc4c3[n+]2C)ccc2ccccc12. The predicted molar refractivity (Wildman–Crippen MR) is 106 cm³/mol. The summed E-state index contributed by atoms with van der Waals surface area (Å²) >= 11 is 3.72. The second kappa shape index (κ2) is 5.13. The van der Waals surface area contributed by atoms with Crippen molar-refractivity contribution >= 4 is 53.1 Å². The molecule has 116 valence electrons. The van der Waals surface area contributed by atoms with Crippen LogP contribution < -0.4 is 4.57 Å². The summed E-state index contributed by atoms with van der Waals surface area (Å²) in [5, 5.41) is 4.83. The molecule has 0 spiro atoms. The van der Waals surface area contributed by atoms with Crippen molar-refractivity contribution in [1.82, 2.24) is 0 Å². The lowest BCUT2D eigenvalue weighted by molar-refractivity contribution is -0.632. The van der Waals surface area contributed by atoms with Gasteiger partial charge in [0.25, 0.3) is 0 Å². The lowest BCUT2D eigenvalue weighted by atomic mass is 9.97. The molecule has 0 fully saturated rings. The third kappa shape index (κ3) is 1.89. The van der Waals surface area contributed by atoms with E-state index in [0.29, 0.717) is 0 Å². The van der Waals surface area contributed by atoms with Crippen molar-refractivity contribution in [2.45, 2.75) is 6.92 Å². The fourth-order valence-electron chi connectivity index (χ4n) is 3.62. The molecule has 0 saturated carbocycles. The Morgan fingerprint density at radius 3 is 2.67 bits per heavy atom. The standard InChI is InChI=1S/C21H16NS2/c1-13-15-6-4-3-5-14(15)7-8-16(13)17-9-10-18-20(22(17)2)21-19(24-18)11-12-23-21/h3-12H,1-2H3/q+1. The number of aryl methyl sites for hydroxylation is 2. The molecule has 24 heavy (non-hydrogen) atoms. The number of nitrogens with zero attached hydrogens (tertiary/aromatic N) is 1. The molecule has 5 rings (SSSR count). The molecule has 0 aliphatic heterocycles. The Morgan fingerprint density at radius 2 is 1.75 bits per heavy atom. The van der Waals surface area contributed by atoms with E-state index in [0.717, 1.165) is 0 Å². The van der Waals surface area contributed by atoms with Gasteiger partial charge in [0.05, 0.1) is 4.70 Å². The van der Waals surface area contributed by atoms with E-state index < -0.39 is 0 Å². The van der Waals surface area contributed by atoms with Crippen LogP contribution in [0.25, 0.3) is 41.6 Å². The number of benzene rings is 2. The topological polar surface area (TPSA) is 3.88 Å². The van der Waals surface area contributed by atoms with Gasteiger partial charge in [-0.3, -0.25) is 0 Å². The molecule has 3 aromatic heterocycles. The van der Waals surface area contributed by atoms with E-state index in [-0.39, 0.29) is 0 Å². The molecular weight excluding hydrogens is 330 g/mol. The summed E-state index contributed by atoms with van der Waals surface area (Å²) in [4.78, 5) is 0. The zero-order chi connectivity index (χ0) is 16.3. The van der Waals surface area contributed by atoms with Crippen LogP contribution in [-0.2, 0) is 7.05 Å². The Balaban J connectivity index is 1.86. The van der Waals surface area contributed by atoms with Gasteiger partial charge in [-0.25, -0.2) is 0 Å². The average molecular weight is 347 g/mol. The minimum absolute atomic E-state index is 1.28. The van der Waals surface area contributed by atoms with Crippen molar-refractivity contribution < 1.29 is 4.57 Å². The predicted octanol–water partition coefficient (Wildman–Crippen LogP) is 6.07. The van der Waals surface area contributed by atoms with Crippen LogP contribution in [0.15, 0.2) is 60.0 Å². The van der Waals surface area contributed by atoms with E-state index in [4.69, 9.17) is 0 Å². The second-order valence-corrected chi connectivity index (χ2v) is 8.17. The average Bonchev–Trinajstić information content (AvgIpc) is 3.17. The highest BCUT2D eigenvalue weighted by Gasteiger charge is 2.21. The van der Waals surface area contributed by atoms with Gasteiger partial charge in [0.2, 0.25) is 11.2 Å². The fourth-order valence-corrected chi connectivity index (χ4v) is 5.96. The number of thiophene rings is 2. The van der Waals surface area contributed by atoms with Crippen LogP contribution in [0.1, 0.15) is 5.56 Å². The lowest BCUT2D eigenvalue weighted by Gasteiger charge is -2.08. The van der Waals surface area contributed by atoms with E-state index in [1.165, 1.54) is 47.2 Å². The largest absolute Gasteiger partial charge is 0.241 e. The summed E-state index contributed by atoms with van der Waals surface area (Å²) in [5.41, 5.74) is 5.30. The Hall–Kier alpha value is -2.23. The molecule has 0 N–H and O–H groups in total. The first-order valence-electron chi connectivity index (χ1n) is 8.01. The van der Waals surface area contributed by atoms with E-state index >= 15 is 0 Å². The van der Waals surface area contributed by atoms with Crippen LogP contribution >= 0.6 is 22.7 Å². The number of hydrogen-bond acceptors (Lipinski definition) is 2. The molecule has 1 nitrogen and oxygen atoms in total. The number of fused-ring (bicyclic) bond motifs is 4. The van der Waals surface area contributed by atoms with Gasteiger partial charge >= 0.3 is 0 Å². The molecular formula is C21H16NS2+. The van der Waals surface area contributed by atoms with Crippen molar-refractivity contribution in [2.75, 3.05) is 0 Å². The van der Waals surface area contributed by atoms with Crippen LogP contribution in [-0.4, -0.2) is 0 Å². The van der Waals surface area contributed by atoms with Crippen molar-refractivity contribution in [2.24, 2.45) is 7.05 Å². The summed E-state index contributed by atoms with van der Waals surface area (Å²) in [6.07, 6.45) is 0. The summed E-state index contributed by atoms with van der Waals surface area (Å²) < 4.78 is 6.51. The van der Waals surface area contributed by atoms with Gasteiger partial charge in [0.1, 0.15) is 16.4 Å². The van der Waals surface area contributed by atoms with Gasteiger partial charge in [-0.15, -0.1) is 22.7 Å². The third-order valence-corrected chi connectivity index (χ3v) is 7.02. The number of pyridine rings is 1. The smallest absolute Gasteiger partial charge is 0.192 e.